The number of ether oxygens (including phenoxy) is 1. The zero-order valence-corrected chi connectivity index (χ0v) is 22.3. The molecule has 0 amide bonds. The molecule has 1 heterocycles. The van der Waals surface area contributed by atoms with Gasteiger partial charge in [0.15, 0.2) is 5.13 Å². The summed E-state index contributed by atoms with van der Waals surface area (Å²) in [6.45, 7) is 0.963. The van der Waals surface area contributed by atoms with E-state index in [1.165, 1.54) is 29.7 Å². The Morgan fingerprint density at radius 1 is 1.20 bits per heavy atom. The molecular weight excluding hydrogens is 509 g/mol. The highest BCUT2D eigenvalue weighted by Gasteiger charge is 2.33. The van der Waals surface area contributed by atoms with Gasteiger partial charge in [0.25, 0.3) is 10.0 Å². The van der Waals surface area contributed by atoms with E-state index in [0.29, 0.717) is 22.8 Å². The van der Waals surface area contributed by atoms with Crippen molar-refractivity contribution in [3.05, 3.63) is 69.9 Å². The Hall–Kier alpha value is -2.20. The first-order valence-corrected chi connectivity index (χ1v) is 14.1. The number of nitrogens with zero attached hydrogens (tertiary/aromatic N) is 3. The Morgan fingerprint density at radius 2 is 1.94 bits per heavy atom. The lowest BCUT2D eigenvalue weighted by Crippen LogP contribution is -2.31. The zero-order chi connectivity index (χ0) is 25.2. The number of hydrogen-bond donors (Lipinski definition) is 0. The second kappa shape index (κ2) is 10.8. The van der Waals surface area contributed by atoms with Gasteiger partial charge in [-0.05, 0) is 80.6 Å². The van der Waals surface area contributed by atoms with Crippen LogP contribution in [0.5, 0.6) is 5.75 Å². The molecule has 0 bridgehead atoms. The van der Waals surface area contributed by atoms with Gasteiger partial charge in [-0.2, -0.15) is 0 Å². The first-order valence-electron chi connectivity index (χ1n) is 11.4. The lowest BCUT2D eigenvalue weighted by Gasteiger charge is -2.23. The van der Waals surface area contributed by atoms with Crippen LogP contribution in [0.25, 0.3) is 0 Å². The minimum atomic E-state index is -4.27. The van der Waals surface area contributed by atoms with Crippen LogP contribution in [-0.4, -0.2) is 46.1 Å². The van der Waals surface area contributed by atoms with Crippen molar-refractivity contribution in [3.63, 3.8) is 0 Å². The molecule has 3 aromatic rings. The predicted octanol–water partition coefficient (Wildman–Crippen LogP) is 5.79. The highest BCUT2D eigenvalue weighted by Crippen LogP contribution is 2.42. The van der Waals surface area contributed by atoms with Crippen molar-refractivity contribution in [2.45, 2.75) is 36.6 Å². The second-order valence-electron chi connectivity index (χ2n) is 9.12. The summed E-state index contributed by atoms with van der Waals surface area (Å²) in [6.07, 6.45) is 4.38. The molecule has 4 rings (SSSR count). The van der Waals surface area contributed by atoms with Gasteiger partial charge in [0.2, 0.25) is 0 Å². The van der Waals surface area contributed by atoms with Crippen molar-refractivity contribution < 1.29 is 17.5 Å². The van der Waals surface area contributed by atoms with Crippen LogP contribution in [0.15, 0.2) is 52.9 Å². The van der Waals surface area contributed by atoms with E-state index in [1.807, 2.05) is 14.1 Å². The molecule has 1 aliphatic rings. The standard InChI is InChI=1S/C25H29ClFN3O3S2/c1-29(2)15-18-4-7-19(12-18)21-13-23(27)24(14-22(21)26)35(31,32)30(25-28-10-11-34-25)16-17-5-8-20(33-3)9-6-17/h5-6,8-11,13-14,18-19H,4,7,12,15-16H2,1-3H3. The number of halogens is 2. The molecule has 6 nitrogen and oxygen atoms in total. The fourth-order valence-corrected chi connectivity index (χ4v) is 7.44. The van der Waals surface area contributed by atoms with Crippen molar-refractivity contribution >= 4 is 38.1 Å². The van der Waals surface area contributed by atoms with Crippen LogP contribution < -0.4 is 9.04 Å². The maximum Gasteiger partial charge on any atom is 0.269 e. The van der Waals surface area contributed by atoms with E-state index in [4.69, 9.17) is 16.3 Å². The Labute approximate surface area is 215 Å². The molecule has 2 aromatic carbocycles. The lowest BCUT2D eigenvalue weighted by molar-refractivity contribution is 0.326. The SMILES string of the molecule is COc1ccc(CN(c2nccs2)S(=O)(=O)c2cc(Cl)c(C3CCC(CN(C)C)C3)cc2F)cc1. The summed E-state index contributed by atoms with van der Waals surface area (Å²) >= 11 is 7.75. The third-order valence-corrected chi connectivity index (χ3v) is 9.33. The van der Waals surface area contributed by atoms with E-state index in [0.717, 1.165) is 30.1 Å². The van der Waals surface area contributed by atoms with Crippen molar-refractivity contribution in [3.8, 4) is 5.75 Å². The summed E-state index contributed by atoms with van der Waals surface area (Å²) in [5, 5.41) is 2.22. The van der Waals surface area contributed by atoms with Gasteiger partial charge < -0.3 is 9.64 Å². The van der Waals surface area contributed by atoms with Crippen molar-refractivity contribution in [2.24, 2.45) is 5.92 Å². The molecule has 1 saturated carbocycles. The largest absolute Gasteiger partial charge is 0.497 e. The fourth-order valence-electron chi connectivity index (χ4n) is 4.70. The molecule has 0 N–H and O–H groups in total. The quantitative estimate of drug-likeness (QED) is 0.346. The summed E-state index contributed by atoms with van der Waals surface area (Å²) in [7, 11) is 1.37. The van der Waals surface area contributed by atoms with Crippen molar-refractivity contribution in [1.29, 1.82) is 0 Å². The van der Waals surface area contributed by atoms with E-state index < -0.39 is 20.7 Å². The van der Waals surface area contributed by atoms with Gasteiger partial charge in [0, 0.05) is 23.1 Å². The Balaban J connectivity index is 1.65. The summed E-state index contributed by atoms with van der Waals surface area (Å²) in [4.78, 5) is 5.89. The minimum absolute atomic E-state index is 0.00646. The molecule has 188 valence electrons. The maximum atomic E-state index is 15.4. The number of methoxy groups -OCH3 is 1. The minimum Gasteiger partial charge on any atom is -0.497 e. The molecule has 0 aliphatic heterocycles. The van der Waals surface area contributed by atoms with Crippen LogP contribution in [0.2, 0.25) is 5.02 Å². The zero-order valence-electron chi connectivity index (χ0n) is 19.9. The Morgan fingerprint density at radius 3 is 2.57 bits per heavy atom. The summed E-state index contributed by atoms with van der Waals surface area (Å²) in [5.74, 6) is 0.498. The molecular formula is C25H29ClFN3O3S2. The molecule has 1 fully saturated rings. The van der Waals surface area contributed by atoms with E-state index in [2.05, 4.69) is 9.88 Å². The number of thiazole rings is 1. The maximum absolute atomic E-state index is 15.4. The summed E-state index contributed by atoms with van der Waals surface area (Å²) in [6, 6.07) is 9.61. The smallest absolute Gasteiger partial charge is 0.269 e. The molecule has 1 aromatic heterocycles. The normalized spacial score (nSPS) is 18.2. The molecule has 10 heteroatoms. The Bertz CT molecular complexity index is 1250. The van der Waals surface area contributed by atoms with Gasteiger partial charge in [-0.15, -0.1) is 11.3 Å². The summed E-state index contributed by atoms with van der Waals surface area (Å²) < 4.78 is 49.1. The van der Waals surface area contributed by atoms with Crippen LogP contribution in [0, 0.1) is 11.7 Å². The molecule has 1 aliphatic carbocycles. The predicted molar refractivity (Wildman–Crippen MR) is 139 cm³/mol. The Kier molecular flexibility index (Phi) is 8.00. The van der Waals surface area contributed by atoms with Gasteiger partial charge in [-0.3, -0.25) is 0 Å². The van der Waals surface area contributed by atoms with Crippen molar-refractivity contribution in [1.82, 2.24) is 9.88 Å². The average molecular weight is 538 g/mol. The second-order valence-corrected chi connectivity index (χ2v) is 12.2. The van der Waals surface area contributed by atoms with Gasteiger partial charge in [-0.25, -0.2) is 22.1 Å². The third-order valence-electron chi connectivity index (χ3n) is 6.34. The van der Waals surface area contributed by atoms with Gasteiger partial charge in [-0.1, -0.05) is 23.7 Å². The van der Waals surface area contributed by atoms with E-state index in [1.54, 1.807) is 36.8 Å². The van der Waals surface area contributed by atoms with Gasteiger partial charge in [0.05, 0.1) is 13.7 Å². The number of aromatic nitrogens is 1. The van der Waals surface area contributed by atoms with E-state index in [-0.39, 0.29) is 22.6 Å². The number of hydrogen-bond acceptors (Lipinski definition) is 6. The van der Waals surface area contributed by atoms with Crippen molar-refractivity contribution in [2.75, 3.05) is 32.1 Å². The molecule has 0 saturated heterocycles. The van der Waals surface area contributed by atoms with Crippen LogP contribution in [-0.2, 0) is 16.6 Å². The lowest BCUT2D eigenvalue weighted by atomic mass is 9.96. The number of rotatable bonds is 9. The summed E-state index contributed by atoms with van der Waals surface area (Å²) in [5.41, 5.74) is 1.39. The number of sulfonamides is 1. The van der Waals surface area contributed by atoms with Crippen LogP contribution in [0.4, 0.5) is 9.52 Å². The van der Waals surface area contributed by atoms with E-state index in [9.17, 15) is 8.42 Å². The molecule has 2 unspecified atom stereocenters. The fraction of sp³-hybridized carbons (Fsp3) is 0.400. The number of benzene rings is 2. The molecule has 0 radical (unpaired) electrons. The van der Waals surface area contributed by atoms with Crippen LogP contribution in [0.3, 0.4) is 0 Å². The van der Waals surface area contributed by atoms with Gasteiger partial charge in [0.1, 0.15) is 16.5 Å². The number of anilines is 1. The molecule has 0 spiro atoms. The van der Waals surface area contributed by atoms with E-state index >= 15 is 4.39 Å². The monoisotopic (exact) mass is 537 g/mol. The van der Waals surface area contributed by atoms with Crippen LogP contribution >= 0.6 is 22.9 Å². The first-order chi connectivity index (χ1) is 16.7. The third kappa shape index (κ3) is 5.80. The molecule has 2 atom stereocenters. The highest BCUT2D eigenvalue weighted by molar-refractivity contribution is 7.93. The average Bonchev–Trinajstić information content (AvgIpc) is 3.51. The van der Waals surface area contributed by atoms with Gasteiger partial charge >= 0.3 is 0 Å². The topological polar surface area (TPSA) is 62.7 Å². The molecule has 35 heavy (non-hydrogen) atoms. The highest BCUT2D eigenvalue weighted by atomic mass is 35.5. The first kappa shape index (κ1) is 25.9. The van der Waals surface area contributed by atoms with Crippen LogP contribution in [0.1, 0.15) is 36.3 Å².